The lowest BCUT2D eigenvalue weighted by Crippen LogP contribution is -2.30. The molecule has 114 valence electrons. The summed E-state index contributed by atoms with van der Waals surface area (Å²) in [7, 11) is 1.61. The molecule has 21 heavy (non-hydrogen) atoms. The molecule has 1 aromatic rings. The number of ether oxygens (including phenoxy) is 1. The smallest absolute Gasteiger partial charge is 0.222 e. The van der Waals surface area contributed by atoms with E-state index < -0.39 is 0 Å². The molecule has 1 saturated heterocycles. The third kappa shape index (κ3) is 3.84. The highest BCUT2D eigenvalue weighted by molar-refractivity contribution is 5.77. The van der Waals surface area contributed by atoms with Gasteiger partial charge in [-0.1, -0.05) is 13.3 Å². The van der Waals surface area contributed by atoms with E-state index in [1.54, 1.807) is 25.3 Å². The number of hydrogen-bond acceptors (Lipinski definition) is 3. The number of carbonyl (C=O) groups is 2. The predicted octanol–water partition coefficient (Wildman–Crippen LogP) is 3.05. The molecular weight excluding hydrogens is 266 g/mol. The number of rotatable bonds is 5. The number of likely N-dealkylation sites (tertiary alicyclic amines) is 1. The van der Waals surface area contributed by atoms with Gasteiger partial charge >= 0.3 is 0 Å². The summed E-state index contributed by atoms with van der Waals surface area (Å²) in [6.45, 7) is 3.48. The first-order chi connectivity index (χ1) is 10.2. The molecule has 0 radical (unpaired) electrons. The van der Waals surface area contributed by atoms with Gasteiger partial charge in [0.15, 0.2) is 0 Å². The molecule has 0 saturated carbocycles. The summed E-state index contributed by atoms with van der Waals surface area (Å²) in [5.74, 6) is 1.57. The number of methoxy groups -OCH3 is 1. The van der Waals surface area contributed by atoms with Gasteiger partial charge in [-0.25, -0.2) is 0 Å². The van der Waals surface area contributed by atoms with Crippen molar-refractivity contribution in [2.45, 2.75) is 39.2 Å². The lowest BCUT2D eigenvalue weighted by Gasteiger charge is -2.22. The molecular formula is C17H23NO3. The fourth-order valence-corrected chi connectivity index (χ4v) is 2.87. The number of nitrogens with zero attached hydrogens (tertiary/aromatic N) is 1. The quantitative estimate of drug-likeness (QED) is 0.783. The molecule has 1 atom stereocenters. The monoisotopic (exact) mass is 289 g/mol. The summed E-state index contributed by atoms with van der Waals surface area (Å²) in [5.41, 5.74) is 1.50. The Labute approximate surface area is 126 Å². The molecule has 4 nitrogen and oxygen atoms in total. The van der Waals surface area contributed by atoms with Gasteiger partial charge in [0.2, 0.25) is 5.91 Å². The molecule has 1 heterocycles. The second kappa shape index (κ2) is 7.25. The van der Waals surface area contributed by atoms with E-state index in [0.29, 0.717) is 24.4 Å². The predicted molar refractivity (Wildman–Crippen MR) is 81.4 cm³/mol. The fraction of sp³-hybridized carbons (Fsp3) is 0.529. The van der Waals surface area contributed by atoms with Crippen molar-refractivity contribution in [2.24, 2.45) is 5.92 Å². The van der Waals surface area contributed by atoms with E-state index in [1.807, 2.05) is 4.90 Å². The zero-order valence-corrected chi connectivity index (χ0v) is 12.8. The maximum absolute atomic E-state index is 12.2. The van der Waals surface area contributed by atoms with E-state index in [2.05, 4.69) is 6.92 Å². The number of carbonyl (C=O) groups excluding carboxylic acids is 2. The van der Waals surface area contributed by atoms with Crippen LogP contribution in [-0.4, -0.2) is 30.7 Å². The van der Waals surface area contributed by atoms with Gasteiger partial charge in [0.1, 0.15) is 12.0 Å². The Kier molecular flexibility index (Phi) is 5.37. The van der Waals surface area contributed by atoms with Gasteiger partial charge in [-0.15, -0.1) is 0 Å². The van der Waals surface area contributed by atoms with Crippen LogP contribution in [0, 0.1) is 5.92 Å². The second-order valence-electron chi connectivity index (χ2n) is 5.61. The average molecular weight is 289 g/mol. The first kappa shape index (κ1) is 15.5. The van der Waals surface area contributed by atoms with Gasteiger partial charge in [0.25, 0.3) is 0 Å². The summed E-state index contributed by atoms with van der Waals surface area (Å²) in [5, 5.41) is 0. The van der Waals surface area contributed by atoms with Crippen LogP contribution in [0.4, 0.5) is 0 Å². The average Bonchev–Trinajstić information content (AvgIpc) is 2.69. The minimum absolute atomic E-state index is 0.199. The van der Waals surface area contributed by atoms with Gasteiger partial charge < -0.3 is 9.64 Å². The molecule has 1 aliphatic heterocycles. The zero-order chi connectivity index (χ0) is 15.2. The van der Waals surface area contributed by atoms with E-state index in [4.69, 9.17) is 4.74 Å². The molecule has 1 aromatic carbocycles. The molecule has 1 fully saturated rings. The van der Waals surface area contributed by atoms with Crippen LogP contribution >= 0.6 is 0 Å². The van der Waals surface area contributed by atoms with Gasteiger partial charge in [-0.05, 0) is 37.0 Å². The first-order valence-corrected chi connectivity index (χ1v) is 7.57. The third-order valence-corrected chi connectivity index (χ3v) is 4.31. The van der Waals surface area contributed by atoms with Crippen molar-refractivity contribution in [1.29, 1.82) is 0 Å². The van der Waals surface area contributed by atoms with Crippen molar-refractivity contribution in [3.05, 3.63) is 29.3 Å². The Morgan fingerprint density at radius 2 is 2.19 bits per heavy atom. The van der Waals surface area contributed by atoms with Crippen LogP contribution in [0.15, 0.2) is 18.2 Å². The highest BCUT2D eigenvalue weighted by atomic mass is 16.5. The largest absolute Gasteiger partial charge is 0.496 e. The summed E-state index contributed by atoms with van der Waals surface area (Å²) in [6, 6.07) is 5.32. The fourth-order valence-electron chi connectivity index (χ4n) is 2.87. The maximum Gasteiger partial charge on any atom is 0.222 e. The number of hydrogen-bond donors (Lipinski definition) is 0. The topological polar surface area (TPSA) is 46.6 Å². The van der Waals surface area contributed by atoms with Crippen molar-refractivity contribution in [2.75, 3.05) is 13.7 Å². The van der Waals surface area contributed by atoms with E-state index in [1.165, 1.54) is 0 Å². The highest BCUT2D eigenvalue weighted by Crippen LogP contribution is 2.25. The Balaban J connectivity index is 2.16. The van der Waals surface area contributed by atoms with Crippen LogP contribution in [0.1, 0.15) is 48.5 Å². The first-order valence-electron chi connectivity index (χ1n) is 7.57. The van der Waals surface area contributed by atoms with E-state index >= 15 is 0 Å². The number of benzene rings is 1. The molecule has 0 spiro atoms. The number of aldehydes is 1. The van der Waals surface area contributed by atoms with E-state index in [0.717, 1.165) is 43.4 Å². The van der Waals surface area contributed by atoms with Crippen LogP contribution in [0.5, 0.6) is 5.75 Å². The van der Waals surface area contributed by atoms with Crippen LogP contribution < -0.4 is 4.74 Å². The van der Waals surface area contributed by atoms with Gasteiger partial charge in [0, 0.05) is 30.6 Å². The van der Waals surface area contributed by atoms with Crippen LogP contribution in [-0.2, 0) is 11.3 Å². The highest BCUT2D eigenvalue weighted by Gasteiger charge is 2.22. The van der Waals surface area contributed by atoms with Gasteiger partial charge in [-0.3, -0.25) is 9.59 Å². The van der Waals surface area contributed by atoms with E-state index in [-0.39, 0.29) is 5.91 Å². The molecule has 2 rings (SSSR count). The standard InChI is InChI=1S/C17H23NO3/c1-3-13-5-7-17(20)18(9-8-13)11-15-10-14(12-19)4-6-16(15)21-2/h4,6,10,12-13H,3,5,7-9,11H2,1-2H3. The second-order valence-corrected chi connectivity index (χ2v) is 5.61. The minimum Gasteiger partial charge on any atom is -0.496 e. The van der Waals surface area contributed by atoms with Gasteiger partial charge in [-0.2, -0.15) is 0 Å². The molecule has 0 aromatic heterocycles. The van der Waals surface area contributed by atoms with Crippen molar-refractivity contribution in [1.82, 2.24) is 4.90 Å². The lowest BCUT2D eigenvalue weighted by molar-refractivity contribution is -0.131. The van der Waals surface area contributed by atoms with E-state index in [9.17, 15) is 9.59 Å². The summed E-state index contributed by atoms with van der Waals surface area (Å²) >= 11 is 0. The minimum atomic E-state index is 0.199. The van der Waals surface area contributed by atoms with Crippen molar-refractivity contribution in [3.63, 3.8) is 0 Å². The summed E-state index contributed by atoms with van der Waals surface area (Å²) < 4.78 is 5.34. The molecule has 0 aliphatic carbocycles. The lowest BCUT2D eigenvalue weighted by atomic mass is 9.98. The number of amides is 1. The molecule has 0 bridgehead atoms. The van der Waals surface area contributed by atoms with Crippen LogP contribution in [0.3, 0.4) is 0 Å². The molecule has 1 aliphatic rings. The van der Waals surface area contributed by atoms with Crippen molar-refractivity contribution >= 4 is 12.2 Å². The van der Waals surface area contributed by atoms with Crippen LogP contribution in [0.25, 0.3) is 0 Å². The van der Waals surface area contributed by atoms with Crippen molar-refractivity contribution < 1.29 is 14.3 Å². The molecule has 1 unspecified atom stereocenters. The van der Waals surface area contributed by atoms with Crippen molar-refractivity contribution in [3.8, 4) is 5.75 Å². The Bertz CT molecular complexity index is 513. The molecule has 4 heteroatoms. The maximum atomic E-state index is 12.2. The molecule has 1 amide bonds. The SMILES string of the molecule is CCC1CCC(=O)N(Cc2cc(C=O)ccc2OC)CC1. The molecule has 0 N–H and O–H groups in total. The normalized spacial score (nSPS) is 19.2. The third-order valence-electron chi connectivity index (χ3n) is 4.31. The Hall–Kier alpha value is -1.84. The Morgan fingerprint density at radius 3 is 2.86 bits per heavy atom. The zero-order valence-electron chi connectivity index (χ0n) is 12.8. The summed E-state index contributed by atoms with van der Waals surface area (Å²) in [4.78, 5) is 25.1. The summed E-state index contributed by atoms with van der Waals surface area (Å²) in [6.07, 6.45) is 4.61. The van der Waals surface area contributed by atoms with Crippen LogP contribution in [0.2, 0.25) is 0 Å². The van der Waals surface area contributed by atoms with Gasteiger partial charge in [0.05, 0.1) is 7.11 Å². The Morgan fingerprint density at radius 1 is 1.38 bits per heavy atom.